The van der Waals surface area contributed by atoms with Crippen LogP contribution in [0.1, 0.15) is 5.56 Å². The Hall–Kier alpha value is -1.46. The van der Waals surface area contributed by atoms with E-state index in [1.165, 1.54) is 11.8 Å². The molecule has 2 rings (SSSR count). The van der Waals surface area contributed by atoms with Crippen LogP contribution >= 0.6 is 23.4 Å². The molecule has 2 aromatic rings. The van der Waals surface area contributed by atoms with E-state index in [-0.39, 0.29) is 5.84 Å². The second-order valence-corrected chi connectivity index (χ2v) is 4.90. The fourth-order valence-corrected chi connectivity index (χ4v) is 2.40. The molecule has 88 valence electrons. The minimum Gasteiger partial charge on any atom is -0.384 e. The number of amidine groups is 1. The van der Waals surface area contributed by atoms with Crippen molar-refractivity contribution >= 4 is 29.2 Å². The van der Waals surface area contributed by atoms with Gasteiger partial charge in [-0.05, 0) is 12.1 Å². The zero-order valence-electron chi connectivity index (χ0n) is 9.14. The van der Waals surface area contributed by atoms with Crippen LogP contribution in [-0.2, 0) is 7.05 Å². The lowest BCUT2D eigenvalue weighted by atomic mass is 10.2. The number of aryl methyl sites for hydroxylation is 1. The second kappa shape index (κ2) is 4.81. The third-order valence-electron chi connectivity index (χ3n) is 2.22. The van der Waals surface area contributed by atoms with Crippen molar-refractivity contribution in [2.45, 2.75) is 10.1 Å². The maximum Gasteiger partial charge on any atom is 0.172 e. The van der Waals surface area contributed by atoms with E-state index in [9.17, 15) is 0 Å². The summed E-state index contributed by atoms with van der Waals surface area (Å²) < 4.78 is 1.92. The average Bonchev–Trinajstić information content (AvgIpc) is 2.67. The Kier molecular flexibility index (Phi) is 3.40. The summed E-state index contributed by atoms with van der Waals surface area (Å²) in [4.78, 5) is 5.10. The molecule has 0 aliphatic heterocycles. The topological polar surface area (TPSA) is 67.7 Å². The molecule has 6 heteroatoms. The first-order valence-electron chi connectivity index (χ1n) is 4.87. The molecular formula is C11H11ClN4S. The van der Waals surface area contributed by atoms with Gasteiger partial charge in [0.15, 0.2) is 5.16 Å². The first-order chi connectivity index (χ1) is 8.08. The van der Waals surface area contributed by atoms with E-state index in [0.717, 1.165) is 10.1 Å². The quantitative estimate of drug-likeness (QED) is 0.663. The number of nitrogen functional groups attached to an aromatic ring is 1. The predicted octanol–water partition coefficient (Wildman–Crippen LogP) is 2.51. The Morgan fingerprint density at radius 2 is 2.29 bits per heavy atom. The molecular weight excluding hydrogens is 256 g/mol. The van der Waals surface area contributed by atoms with Gasteiger partial charge in [0.2, 0.25) is 0 Å². The van der Waals surface area contributed by atoms with Gasteiger partial charge in [-0.1, -0.05) is 29.4 Å². The second-order valence-electron chi connectivity index (χ2n) is 3.48. The number of nitrogens with zero attached hydrogens (tertiary/aromatic N) is 2. The Morgan fingerprint density at radius 3 is 2.82 bits per heavy atom. The van der Waals surface area contributed by atoms with E-state index in [2.05, 4.69) is 4.98 Å². The van der Waals surface area contributed by atoms with Crippen molar-refractivity contribution in [1.82, 2.24) is 9.55 Å². The van der Waals surface area contributed by atoms with Crippen molar-refractivity contribution < 1.29 is 0 Å². The molecule has 0 amide bonds. The fraction of sp³-hybridized carbons (Fsp3) is 0.0909. The molecule has 3 N–H and O–H groups in total. The van der Waals surface area contributed by atoms with Gasteiger partial charge in [-0.3, -0.25) is 5.41 Å². The molecule has 1 heterocycles. The lowest BCUT2D eigenvalue weighted by Crippen LogP contribution is -2.10. The smallest absolute Gasteiger partial charge is 0.172 e. The van der Waals surface area contributed by atoms with Crippen molar-refractivity contribution in [2.75, 3.05) is 0 Å². The summed E-state index contributed by atoms with van der Waals surface area (Å²) in [6, 6.07) is 5.31. The molecule has 0 aliphatic rings. The number of imidazole rings is 1. The van der Waals surface area contributed by atoms with Crippen LogP contribution in [0, 0.1) is 5.41 Å². The number of nitrogens with two attached hydrogens (primary N) is 1. The van der Waals surface area contributed by atoms with Crippen LogP contribution in [0.5, 0.6) is 0 Å². The van der Waals surface area contributed by atoms with Gasteiger partial charge in [0, 0.05) is 29.9 Å². The van der Waals surface area contributed by atoms with E-state index < -0.39 is 0 Å². The summed E-state index contributed by atoms with van der Waals surface area (Å²) >= 11 is 7.61. The van der Waals surface area contributed by atoms with E-state index in [4.69, 9.17) is 22.7 Å². The van der Waals surface area contributed by atoms with Gasteiger partial charge in [0.05, 0.1) is 5.02 Å². The summed E-state index contributed by atoms with van der Waals surface area (Å²) in [5.41, 5.74) is 6.02. The van der Waals surface area contributed by atoms with Crippen LogP contribution in [0.3, 0.4) is 0 Å². The van der Waals surface area contributed by atoms with Crippen molar-refractivity contribution in [2.24, 2.45) is 12.8 Å². The molecule has 0 fully saturated rings. The van der Waals surface area contributed by atoms with Crippen LogP contribution < -0.4 is 5.73 Å². The molecule has 17 heavy (non-hydrogen) atoms. The molecule has 0 radical (unpaired) electrons. The third kappa shape index (κ3) is 2.62. The first-order valence-corrected chi connectivity index (χ1v) is 6.06. The predicted molar refractivity (Wildman–Crippen MR) is 69.8 cm³/mol. The number of aromatic nitrogens is 2. The van der Waals surface area contributed by atoms with Gasteiger partial charge in [-0.2, -0.15) is 0 Å². The van der Waals surface area contributed by atoms with Crippen LogP contribution in [0.2, 0.25) is 5.02 Å². The molecule has 1 aromatic carbocycles. The van der Waals surface area contributed by atoms with Gasteiger partial charge in [-0.15, -0.1) is 0 Å². The van der Waals surface area contributed by atoms with E-state index in [0.29, 0.717) is 10.6 Å². The van der Waals surface area contributed by atoms with Crippen LogP contribution in [0.15, 0.2) is 40.6 Å². The highest BCUT2D eigenvalue weighted by molar-refractivity contribution is 7.99. The number of benzene rings is 1. The van der Waals surface area contributed by atoms with E-state index in [1.807, 2.05) is 23.9 Å². The lowest BCUT2D eigenvalue weighted by Gasteiger charge is -2.05. The van der Waals surface area contributed by atoms with Crippen molar-refractivity contribution in [3.8, 4) is 0 Å². The Labute approximate surface area is 108 Å². The van der Waals surface area contributed by atoms with Crippen molar-refractivity contribution in [3.63, 3.8) is 0 Å². The largest absolute Gasteiger partial charge is 0.384 e. The highest BCUT2D eigenvalue weighted by Crippen LogP contribution is 2.32. The minimum absolute atomic E-state index is 0.0143. The van der Waals surface area contributed by atoms with Crippen LogP contribution in [0.25, 0.3) is 0 Å². The highest BCUT2D eigenvalue weighted by atomic mass is 35.5. The molecule has 0 saturated carbocycles. The van der Waals surface area contributed by atoms with Gasteiger partial charge in [0.1, 0.15) is 5.84 Å². The normalized spacial score (nSPS) is 10.5. The number of halogens is 1. The Balaban J connectivity index is 2.29. The average molecular weight is 267 g/mol. The van der Waals surface area contributed by atoms with Gasteiger partial charge in [0.25, 0.3) is 0 Å². The Morgan fingerprint density at radius 1 is 1.53 bits per heavy atom. The molecule has 4 nitrogen and oxygen atoms in total. The molecule has 1 aromatic heterocycles. The minimum atomic E-state index is 0.0143. The summed E-state index contributed by atoms with van der Waals surface area (Å²) in [6.45, 7) is 0. The summed E-state index contributed by atoms with van der Waals surface area (Å²) in [5, 5.41) is 8.77. The zero-order chi connectivity index (χ0) is 12.4. The molecule has 0 spiro atoms. The van der Waals surface area contributed by atoms with Gasteiger partial charge in [-0.25, -0.2) is 4.98 Å². The standard InChI is InChI=1S/C11H11ClN4S/c1-16-5-4-15-11(16)17-9-3-2-7(10(13)14)6-8(9)12/h2-6H,1H3,(H3,13,14). The monoisotopic (exact) mass is 266 g/mol. The third-order valence-corrected chi connectivity index (χ3v) is 3.80. The van der Waals surface area contributed by atoms with Gasteiger partial charge >= 0.3 is 0 Å². The maximum absolute atomic E-state index is 7.33. The number of hydrogen-bond donors (Lipinski definition) is 2. The first kappa shape index (κ1) is 12.0. The van der Waals surface area contributed by atoms with Gasteiger partial charge < -0.3 is 10.3 Å². The van der Waals surface area contributed by atoms with Crippen molar-refractivity contribution in [3.05, 3.63) is 41.2 Å². The summed E-state index contributed by atoms with van der Waals surface area (Å²) in [6.07, 6.45) is 3.61. The van der Waals surface area contributed by atoms with E-state index >= 15 is 0 Å². The highest BCUT2D eigenvalue weighted by Gasteiger charge is 2.08. The SMILES string of the molecule is Cn1ccnc1Sc1ccc(C(=N)N)cc1Cl. The molecule has 0 unspecified atom stereocenters. The molecule has 0 saturated heterocycles. The molecule has 0 atom stereocenters. The zero-order valence-corrected chi connectivity index (χ0v) is 10.7. The van der Waals surface area contributed by atoms with Crippen molar-refractivity contribution in [1.29, 1.82) is 5.41 Å². The van der Waals surface area contributed by atoms with Crippen LogP contribution in [-0.4, -0.2) is 15.4 Å². The summed E-state index contributed by atoms with van der Waals surface area (Å²) in [7, 11) is 1.92. The number of rotatable bonds is 3. The molecule has 0 aliphatic carbocycles. The molecule has 0 bridgehead atoms. The lowest BCUT2D eigenvalue weighted by molar-refractivity contribution is 0.790. The Bertz CT molecular complexity index is 564. The summed E-state index contributed by atoms with van der Waals surface area (Å²) in [5.74, 6) is 0.0143. The maximum atomic E-state index is 7.33. The number of nitrogens with one attached hydrogen (secondary N) is 1. The van der Waals surface area contributed by atoms with Crippen LogP contribution in [0.4, 0.5) is 0 Å². The van der Waals surface area contributed by atoms with E-state index in [1.54, 1.807) is 18.3 Å². The number of hydrogen-bond acceptors (Lipinski definition) is 3. The fourth-order valence-electron chi connectivity index (χ4n) is 1.30.